The summed E-state index contributed by atoms with van der Waals surface area (Å²) in [5.41, 5.74) is 1.06. The first kappa shape index (κ1) is 18.8. The molecule has 2 aliphatic heterocycles. The average molecular weight is 385 g/mol. The molecule has 2 saturated heterocycles. The number of hydrogen-bond acceptors (Lipinski definition) is 4. The van der Waals surface area contributed by atoms with Crippen LogP contribution in [0.1, 0.15) is 13.3 Å². The predicted octanol–water partition coefficient (Wildman–Crippen LogP) is 2.33. The van der Waals surface area contributed by atoms with E-state index in [-0.39, 0.29) is 11.9 Å². The van der Waals surface area contributed by atoms with Gasteiger partial charge >= 0.3 is 0 Å². The van der Waals surface area contributed by atoms with Gasteiger partial charge in [-0.05, 0) is 31.2 Å². The van der Waals surface area contributed by atoms with Crippen molar-refractivity contribution in [1.82, 2.24) is 15.1 Å². The van der Waals surface area contributed by atoms with E-state index in [4.69, 9.17) is 23.2 Å². The van der Waals surface area contributed by atoms with Crippen LogP contribution in [0.4, 0.5) is 5.69 Å². The Morgan fingerprint density at radius 2 is 1.92 bits per heavy atom. The van der Waals surface area contributed by atoms with Gasteiger partial charge < -0.3 is 20.0 Å². The molecule has 7 heteroatoms. The molecular weight excluding hydrogens is 359 g/mol. The van der Waals surface area contributed by atoms with Gasteiger partial charge in [-0.1, -0.05) is 30.1 Å². The van der Waals surface area contributed by atoms with Gasteiger partial charge in [-0.3, -0.25) is 4.79 Å². The number of hydrogen-bond donors (Lipinski definition) is 1. The molecule has 1 aromatic carbocycles. The number of amides is 1. The molecule has 2 aliphatic rings. The summed E-state index contributed by atoms with van der Waals surface area (Å²) in [7, 11) is 0. The Bertz CT molecular complexity index is 603. The Morgan fingerprint density at radius 3 is 2.60 bits per heavy atom. The van der Waals surface area contributed by atoms with Gasteiger partial charge in [-0.2, -0.15) is 0 Å². The summed E-state index contributed by atoms with van der Waals surface area (Å²) in [6, 6.07) is 5.63. The topological polar surface area (TPSA) is 38.8 Å². The highest BCUT2D eigenvalue weighted by molar-refractivity contribution is 6.42. The second-order valence-electron chi connectivity index (χ2n) is 6.72. The molecular formula is C18H26Cl2N4O. The highest BCUT2D eigenvalue weighted by atomic mass is 35.5. The molecule has 25 heavy (non-hydrogen) atoms. The van der Waals surface area contributed by atoms with Crippen molar-refractivity contribution >= 4 is 34.8 Å². The fraction of sp³-hybridized carbons (Fsp3) is 0.611. The summed E-state index contributed by atoms with van der Waals surface area (Å²) in [5.74, 6) is 0.231. The van der Waals surface area contributed by atoms with Crippen LogP contribution in [0.15, 0.2) is 18.2 Å². The maximum atomic E-state index is 12.8. The lowest BCUT2D eigenvalue weighted by Crippen LogP contribution is -2.60. The van der Waals surface area contributed by atoms with Crippen molar-refractivity contribution in [3.8, 4) is 0 Å². The predicted molar refractivity (Wildman–Crippen MR) is 104 cm³/mol. The maximum Gasteiger partial charge on any atom is 0.241 e. The third-order valence-corrected chi connectivity index (χ3v) is 5.70. The van der Waals surface area contributed by atoms with Crippen LogP contribution in [-0.2, 0) is 4.79 Å². The maximum absolute atomic E-state index is 12.8. The van der Waals surface area contributed by atoms with Crippen molar-refractivity contribution in [2.24, 2.45) is 0 Å². The van der Waals surface area contributed by atoms with Crippen molar-refractivity contribution in [1.29, 1.82) is 0 Å². The van der Waals surface area contributed by atoms with Crippen molar-refractivity contribution in [2.75, 3.05) is 57.3 Å². The summed E-state index contributed by atoms with van der Waals surface area (Å²) in [6.45, 7) is 9.10. The SMILES string of the molecule is CCCN1CCN[C@@H](C(=O)N2CCN(c3ccc(Cl)c(Cl)c3)CC2)C1. The third-order valence-electron chi connectivity index (χ3n) is 4.96. The van der Waals surface area contributed by atoms with E-state index in [9.17, 15) is 4.79 Å². The van der Waals surface area contributed by atoms with Crippen LogP contribution in [0.5, 0.6) is 0 Å². The molecule has 0 bridgehead atoms. The summed E-state index contributed by atoms with van der Waals surface area (Å²) < 4.78 is 0. The van der Waals surface area contributed by atoms with Crippen LogP contribution < -0.4 is 10.2 Å². The van der Waals surface area contributed by atoms with E-state index in [1.54, 1.807) is 0 Å². The molecule has 0 saturated carbocycles. The van der Waals surface area contributed by atoms with Gasteiger partial charge in [0.25, 0.3) is 0 Å². The lowest BCUT2D eigenvalue weighted by atomic mass is 10.1. The monoisotopic (exact) mass is 384 g/mol. The first-order chi connectivity index (χ1) is 12.1. The van der Waals surface area contributed by atoms with Crippen LogP contribution in [0.2, 0.25) is 10.0 Å². The van der Waals surface area contributed by atoms with Crippen LogP contribution in [0.3, 0.4) is 0 Å². The standard InChI is InChI=1S/C18H26Cl2N4O/c1-2-6-22-7-5-21-17(13-22)18(25)24-10-8-23(9-11-24)14-3-4-15(19)16(20)12-14/h3-4,12,17,21H,2,5-11,13H2,1H3/t17-/m1/s1. The van der Waals surface area contributed by atoms with E-state index in [1.807, 2.05) is 23.1 Å². The largest absolute Gasteiger partial charge is 0.368 e. The quantitative estimate of drug-likeness (QED) is 0.864. The first-order valence-corrected chi connectivity index (χ1v) is 9.78. The number of nitrogens with zero attached hydrogens (tertiary/aromatic N) is 3. The third kappa shape index (κ3) is 4.59. The van der Waals surface area contributed by atoms with Crippen LogP contribution in [0, 0.1) is 0 Å². The zero-order chi connectivity index (χ0) is 17.8. The van der Waals surface area contributed by atoms with E-state index in [2.05, 4.69) is 22.0 Å². The highest BCUT2D eigenvalue weighted by Gasteiger charge is 2.30. The zero-order valence-corrected chi connectivity index (χ0v) is 16.2. The van der Waals surface area contributed by atoms with Crippen LogP contribution in [-0.4, -0.2) is 74.1 Å². The number of benzene rings is 1. The van der Waals surface area contributed by atoms with E-state index in [1.165, 1.54) is 0 Å². The molecule has 0 spiro atoms. The molecule has 0 aromatic heterocycles. The molecule has 1 N–H and O–H groups in total. The Kier molecular flexibility index (Phi) is 6.44. The van der Waals surface area contributed by atoms with Gasteiger partial charge in [-0.15, -0.1) is 0 Å². The number of nitrogens with one attached hydrogen (secondary N) is 1. The Balaban J connectivity index is 1.54. The summed E-state index contributed by atoms with van der Waals surface area (Å²) in [5, 5.41) is 4.52. The van der Waals surface area contributed by atoms with Crippen molar-refractivity contribution in [3.63, 3.8) is 0 Å². The fourth-order valence-electron chi connectivity index (χ4n) is 3.58. The lowest BCUT2D eigenvalue weighted by molar-refractivity contribution is -0.134. The van der Waals surface area contributed by atoms with Gasteiger partial charge in [0.2, 0.25) is 5.91 Å². The number of rotatable bonds is 4. The molecule has 2 heterocycles. The Morgan fingerprint density at radius 1 is 1.16 bits per heavy atom. The van der Waals surface area contributed by atoms with Crippen molar-refractivity contribution in [2.45, 2.75) is 19.4 Å². The molecule has 0 radical (unpaired) electrons. The molecule has 0 aliphatic carbocycles. The number of carbonyl (C=O) groups excluding carboxylic acids is 1. The van der Waals surface area contributed by atoms with Crippen LogP contribution >= 0.6 is 23.2 Å². The Labute approximate surface area is 159 Å². The Hall–Kier alpha value is -1.01. The minimum Gasteiger partial charge on any atom is -0.368 e. The second-order valence-corrected chi connectivity index (χ2v) is 7.53. The van der Waals surface area contributed by atoms with Crippen LogP contribution in [0.25, 0.3) is 0 Å². The molecule has 1 aromatic rings. The summed E-state index contributed by atoms with van der Waals surface area (Å²) >= 11 is 12.1. The van der Waals surface area contributed by atoms with E-state index >= 15 is 0 Å². The van der Waals surface area contributed by atoms with Crippen molar-refractivity contribution < 1.29 is 4.79 Å². The zero-order valence-electron chi connectivity index (χ0n) is 14.7. The van der Waals surface area contributed by atoms with Gasteiger partial charge in [-0.25, -0.2) is 0 Å². The number of halogens is 2. The molecule has 1 amide bonds. The van der Waals surface area contributed by atoms with E-state index in [0.29, 0.717) is 10.0 Å². The van der Waals surface area contributed by atoms with Gasteiger partial charge in [0.1, 0.15) is 0 Å². The van der Waals surface area contributed by atoms with E-state index in [0.717, 1.165) is 64.5 Å². The molecule has 3 rings (SSSR count). The minimum atomic E-state index is -0.0724. The highest BCUT2D eigenvalue weighted by Crippen LogP contribution is 2.27. The number of carbonyl (C=O) groups is 1. The van der Waals surface area contributed by atoms with Gasteiger partial charge in [0, 0.05) is 51.5 Å². The fourth-order valence-corrected chi connectivity index (χ4v) is 3.88. The number of anilines is 1. The molecule has 0 unspecified atom stereocenters. The molecule has 1 atom stereocenters. The van der Waals surface area contributed by atoms with Crippen molar-refractivity contribution in [3.05, 3.63) is 28.2 Å². The normalized spacial score (nSPS) is 22.3. The second kappa shape index (κ2) is 8.58. The molecule has 5 nitrogen and oxygen atoms in total. The minimum absolute atomic E-state index is 0.0724. The van der Waals surface area contributed by atoms with Gasteiger partial charge in [0.15, 0.2) is 0 Å². The number of piperazine rings is 2. The smallest absolute Gasteiger partial charge is 0.241 e. The molecule has 2 fully saturated rings. The molecule has 138 valence electrons. The summed E-state index contributed by atoms with van der Waals surface area (Å²) in [4.78, 5) is 19.4. The average Bonchev–Trinajstić information content (AvgIpc) is 2.64. The summed E-state index contributed by atoms with van der Waals surface area (Å²) in [6.07, 6.45) is 1.13. The first-order valence-electron chi connectivity index (χ1n) is 9.03. The van der Waals surface area contributed by atoms with Gasteiger partial charge in [0.05, 0.1) is 16.1 Å². The lowest BCUT2D eigenvalue weighted by Gasteiger charge is -2.40. The van der Waals surface area contributed by atoms with E-state index < -0.39 is 0 Å².